The zero-order chi connectivity index (χ0) is 15.4. The van der Waals surface area contributed by atoms with E-state index < -0.39 is 0 Å². The number of hydrogen-bond donors (Lipinski definition) is 0. The molecule has 116 valence electrons. The Hall–Kier alpha value is -1.96. The third kappa shape index (κ3) is 3.82. The van der Waals surface area contributed by atoms with Crippen molar-refractivity contribution in [2.45, 2.75) is 19.4 Å². The molecule has 7 nitrogen and oxygen atoms in total. The van der Waals surface area contributed by atoms with Crippen LogP contribution >= 0.6 is 15.9 Å². The van der Waals surface area contributed by atoms with Crippen LogP contribution in [0.1, 0.15) is 18.5 Å². The molecule has 2 aromatic heterocycles. The van der Waals surface area contributed by atoms with Gasteiger partial charge in [-0.15, -0.1) is 0 Å². The summed E-state index contributed by atoms with van der Waals surface area (Å²) in [5.41, 5.74) is 1.96. The van der Waals surface area contributed by atoms with Crippen LogP contribution in [0.3, 0.4) is 0 Å². The second-order valence-electron chi connectivity index (χ2n) is 5.10. The number of halogens is 1. The van der Waals surface area contributed by atoms with Crippen LogP contribution in [0, 0.1) is 0 Å². The fourth-order valence-corrected chi connectivity index (χ4v) is 2.46. The largest absolute Gasteiger partial charge is 0.389 e. The molecular formula is C14H17BrN6O. The van der Waals surface area contributed by atoms with E-state index >= 15 is 0 Å². The first kappa shape index (κ1) is 15.0. The Morgan fingerprint density at radius 1 is 1.27 bits per heavy atom. The Balaban J connectivity index is 1.48. The molecule has 0 radical (unpaired) electrons. The first-order valence-corrected chi connectivity index (χ1v) is 7.89. The topological polar surface area (TPSA) is 68.4 Å². The molecule has 0 bridgehead atoms. The van der Waals surface area contributed by atoms with Crippen LogP contribution in [-0.2, 0) is 18.5 Å². The Labute approximate surface area is 137 Å². The number of anilines is 1. The molecule has 0 aliphatic carbocycles. The molecule has 1 aliphatic rings. The molecule has 8 heteroatoms. The van der Waals surface area contributed by atoms with E-state index in [9.17, 15) is 0 Å². The lowest BCUT2D eigenvalue weighted by Gasteiger charge is -2.27. The molecule has 2 aromatic rings. The Kier molecular flexibility index (Phi) is 4.67. The zero-order valence-electron chi connectivity index (χ0n) is 12.3. The molecule has 0 saturated carbocycles. The van der Waals surface area contributed by atoms with Gasteiger partial charge >= 0.3 is 0 Å². The van der Waals surface area contributed by atoms with Gasteiger partial charge in [0, 0.05) is 51.6 Å². The third-order valence-corrected chi connectivity index (χ3v) is 3.81. The predicted molar refractivity (Wildman–Crippen MR) is 86.6 cm³/mol. The maximum Gasteiger partial charge on any atom is 0.225 e. The highest BCUT2D eigenvalue weighted by Gasteiger charge is 2.17. The molecule has 0 aromatic carbocycles. The van der Waals surface area contributed by atoms with Gasteiger partial charge in [0.25, 0.3) is 0 Å². The van der Waals surface area contributed by atoms with Crippen LogP contribution in [-0.4, -0.2) is 38.5 Å². The van der Waals surface area contributed by atoms with Crippen LogP contribution in [0.4, 0.5) is 5.95 Å². The van der Waals surface area contributed by atoms with Gasteiger partial charge in [0.05, 0.1) is 10.2 Å². The van der Waals surface area contributed by atoms with E-state index in [4.69, 9.17) is 4.84 Å². The lowest BCUT2D eigenvalue weighted by Crippen LogP contribution is -2.35. The Bertz CT molecular complexity index is 644. The minimum atomic E-state index is 0.407. The van der Waals surface area contributed by atoms with Gasteiger partial charge in [0.1, 0.15) is 5.69 Å². The molecule has 0 atom stereocenters. The van der Waals surface area contributed by atoms with Crippen molar-refractivity contribution in [1.29, 1.82) is 0 Å². The summed E-state index contributed by atoms with van der Waals surface area (Å²) in [4.78, 5) is 16.2. The van der Waals surface area contributed by atoms with Crippen LogP contribution in [0.15, 0.2) is 34.3 Å². The highest BCUT2D eigenvalue weighted by Crippen LogP contribution is 2.16. The summed E-state index contributed by atoms with van der Waals surface area (Å²) in [6, 6.07) is 1.92. The molecule has 1 fully saturated rings. The van der Waals surface area contributed by atoms with Gasteiger partial charge in [-0.1, -0.05) is 5.16 Å². The van der Waals surface area contributed by atoms with Gasteiger partial charge in [-0.25, -0.2) is 9.97 Å². The van der Waals surface area contributed by atoms with Gasteiger partial charge in [-0.2, -0.15) is 5.10 Å². The molecule has 3 rings (SSSR count). The van der Waals surface area contributed by atoms with E-state index in [1.165, 1.54) is 0 Å². The van der Waals surface area contributed by atoms with E-state index in [0.29, 0.717) is 6.61 Å². The van der Waals surface area contributed by atoms with Crippen molar-refractivity contribution in [3.8, 4) is 0 Å². The molecule has 1 aliphatic heterocycles. The fraction of sp³-hybridized carbons (Fsp3) is 0.429. The van der Waals surface area contributed by atoms with Crippen molar-refractivity contribution in [2.24, 2.45) is 12.2 Å². The van der Waals surface area contributed by atoms with Gasteiger partial charge in [0.2, 0.25) is 5.95 Å². The maximum absolute atomic E-state index is 5.39. The molecule has 0 unspecified atom stereocenters. The van der Waals surface area contributed by atoms with E-state index in [1.54, 1.807) is 17.1 Å². The highest BCUT2D eigenvalue weighted by molar-refractivity contribution is 9.10. The molecule has 0 spiro atoms. The van der Waals surface area contributed by atoms with Crippen LogP contribution in [0.25, 0.3) is 0 Å². The SMILES string of the molecule is Cn1ccc(CON=C2CCN(c3ncc(Br)cn3)CC2)n1. The average Bonchev–Trinajstić information content (AvgIpc) is 2.94. The molecular weight excluding hydrogens is 348 g/mol. The number of aromatic nitrogens is 4. The van der Waals surface area contributed by atoms with Gasteiger partial charge in [-0.3, -0.25) is 4.68 Å². The molecule has 0 N–H and O–H groups in total. The van der Waals surface area contributed by atoms with Crippen molar-refractivity contribution in [3.05, 3.63) is 34.8 Å². The van der Waals surface area contributed by atoms with Crippen LogP contribution in [0.5, 0.6) is 0 Å². The summed E-state index contributed by atoms with van der Waals surface area (Å²) in [6.45, 7) is 2.12. The summed E-state index contributed by atoms with van der Waals surface area (Å²) in [5, 5.41) is 8.47. The number of nitrogens with zero attached hydrogens (tertiary/aromatic N) is 6. The quantitative estimate of drug-likeness (QED) is 0.777. The summed E-state index contributed by atoms with van der Waals surface area (Å²) >= 11 is 3.34. The monoisotopic (exact) mass is 364 g/mol. The van der Waals surface area contributed by atoms with Crippen molar-refractivity contribution < 1.29 is 4.84 Å². The first-order chi connectivity index (χ1) is 10.7. The fourth-order valence-electron chi connectivity index (χ4n) is 2.25. The second-order valence-corrected chi connectivity index (χ2v) is 6.02. The van der Waals surface area contributed by atoms with E-state index in [-0.39, 0.29) is 0 Å². The van der Waals surface area contributed by atoms with Gasteiger partial charge < -0.3 is 9.74 Å². The Morgan fingerprint density at radius 3 is 2.64 bits per heavy atom. The van der Waals surface area contributed by atoms with E-state index in [2.05, 4.69) is 41.1 Å². The number of hydrogen-bond acceptors (Lipinski definition) is 6. The van der Waals surface area contributed by atoms with Gasteiger partial charge in [-0.05, 0) is 22.0 Å². The standard InChI is InChI=1S/C14H17BrN6O/c1-20-5-2-13(18-20)10-22-19-12-3-6-21(7-4-12)14-16-8-11(15)9-17-14/h2,5,8-9H,3-4,6-7,10H2,1H3. The average molecular weight is 365 g/mol. The second kappa shape index (κ2) is 6.87. The number of rotatable bonds is 4. The predicted octanol–water partition coefficient (Wildman–Crippen LogP) is 2.15. The minimum absolute atomic E-state index is 0.407. The molecule has 1 saturated heterocycles. The van der Waals surface area contributed by atoms with Crippen molar-refractivity contribution in [1.82, 2.24) is 19.7 Å². The summed E-state index contributed by atoms with van der Waals surface area (Å²) in [5.74, 6) is 0.761. The van der Waals surface area contributed by atoms with Crippen molar-refractivity contribution >= 4 is 27.6 Å². The summed E-state index contributed by atoms with van der Waals surface area (Å²) in [6.07, 6.45) is 7.15. The number of aryl methyl sites for hydroxylation is 1. The van der Waals surface area contributed by atoms with Crippen molar-refractivity contribution in [3.63, 3.8) is 0 Å². The van der Waals surface area contributed by atoms with Crippen molar-refractivity contribution in [2.75, 3.05) is 18.0 Å². The maximum atomic E-state index is 5.39. The Morgan fingerprint density at radius 2 is 2.00 bits per heavy atom. The smallest absolute Gasteiger partial charge is 0.225 e. The lowest BCUT2D eigenvalue weighted by atomic mass is 10.1. The summed E-state index contributed by atoms with van der Waals surface area (Å²) < 4.78 is 2.64. The summed E-state index contributed by atoms with van der Waals surface area (Å²) in [7, 11) is 1.88. The minimum Gasteiger partial charge on any atom is -0.389 e. The van der Waals surface area contributed by atoms with E-state index in [1.807, 2.05) is 19.3 Å². The van der Waals surface area contributed by atoms with Gasteiger partial charge in [0.15, 0.2) is 6.61 Å². The number of oxime groups is 1. The zero-order valence-corrected chi connectivity index (χ0v) is 13.9. The molecule has 22 heavy (non-hydrogen) atoms. The normalized spacial score (nSPS) is 15.0. The molecule has 0 amide bonds. The first-order valence-electron chi connectivity index (χ1n) is 7.09. The lowest BCUT2D eigenvalue weighted by molar-refractivity contribution is 0.126. The van der Waals surface area contributed by atoms with Crippen LogP contribution < -0.4 is 4.90 Å². The third-order valence-electron chi connectivity index (χ3n) is 3.41. The number of piperidine rings is 1. The molecule has 3 heterocycles. The van der Waals surface area contributed by atoms with Crippen LogP contribution in [0.2, 0.25) is 0 Å². The van der Waals surface area contributed by atoms with E-state index in [0.717, 1.165) is 47.8 Å². The highest BCUT2D eigenvalue weighted by atomic mass is 79.9.